The molecule has 0 unspecified atom stereocenters. The monoisotopic (exact) mass is 512 g/mol. The van der Waals surface area contributed by atoms with Crippen molar-refractivity contribution in [3.8, 4) is 23.0 Å². The van der Waals surface area contributed by atoms with Crippen LogP contribution in [0.5, 0.6) is 23.0 Å². The number of aryl methyl sites for hydroxylation is 5. The lowest BCUT2D eigenvalue weighted by Crippen LogP contribution is -2.28. The molecule has 0 bridgehead atoms. The third-order valence-electron chi connectivity index (χ3n) is 5.91. The summed E-state index contributed by atoms with van der Waals surface area (Å²) >= 11 is 0. The lowest BCUT2D eigenvalue weighted by atomic mass is 10.1. The normalized spacial score (nSPS) is 11.1. The van der Waals surface area contributed by atoms with Crippen LogP contribution in [-0.4, -0.2) is 42.0 Å². The van der Waals surface area contributed by atoms with E-state index in [1.165, 1.54) is 22.0 Å². The summed E-state index contributed by atoms with van der Waals surface area (Å²) in [5.74, 6) is 3.09. The van der Waals surface area contributed by atoms with Gasteiger partial charge in [0.05, 0.1) is 14.2 Å². The highest BCUT2D eigenvalue weighted by Crippen LogP contribution is 2.45. The first kappa shape index (κ1) is 27.8. The molecule has 0 heterocycles. The zero-order valence-corrected chi connectivity index (χ0v) is 23.7. The topological polar surface area (TPSA) is 55.4 Å². The van der Waals surface area contributed by atoms with Gasteiger partial charge in [-0.3, -0.25) is 0 Å². The van der Waals surface area contributed by atoms with E-state index in [0.29, 0.717) is 0 Å². The van der Waals surface area contributed by atoms with Crippen molar-refractivity contribution >= 4 is 23.8 Å². The number of hydrogen-bond donors (Lipinski definition) is 0. The van der Waals surface area contributed by atoms with Gasteiger partial charge in [0.15, 0.2) is 13.6 Å². The Kier molecular flexibility index (Phi) is 9.61. The molecule has 0 amide bonds. The van der Waals surface area contributed by atoms with Crippen LogP contribution in [0, 0.1) is 34.6 Å². The molecule has 0 aliphatic rings. The van der Waals surface area contributed by atoms with Gasteiger partial charge in [0, 0.05) is 24.8 Å². The number of ether oxygens (including phenoxy) is 6. The van der Waals surface area contributed by atoms with Gasteiger partial charge in [-0.05, 0) is 94.4 Å². The molecule has 0 saturated carbocycles. The van der Waals surface area contributed by atoms with Crippen LogP contribution >= 0.6 is 7.92 Å². The predicted octanol–water partition coefficient (Wildman–Crippen LogP) is 4.97. The lowest BCUT2D eigenvalue weighted by Gasteiger charge is -2.29. The molecular formula is C29H37O6P. The van der Waals surface area contributed by atoms with Gasteiger partial charge in [0.2, 0.25) is 0 Å². The lowest BCUT2D eigenvalue weighted by molar-refractivity contribution is 0.0513. The molecule has 36 heavy (non-hydrogen) atoms. The standard InChI is InChI=1S/C29H37O6P/c1-18-10-21(4)29(22(5)11-18)36(25-14-23(32-8)12-19(2)27(25)34-16-30-6)26-15-24(33-9)13-20(3)28(26)35-17-31-7/h10-15H,16-17H2,1-9H3. The Balaban J connectivity index is 2.47. The molecule has 0 spiro atoms. The van der Waals surface area contributed by atoms with Crippen molar-refractivity contribution in [2.45, 2.75) is 34.6 Å². The SMILES string of the molecule is COCOc1c(C)cc(OC)cc1P(c1cc(OC)cc(C)c1OCOC)c1c(C)cc(C)cc1C. The molecule has 0 atom stereocenters. The van der Waals surface area contributed by atoms with Gasteiger partial charge < -0.3 is 28.4 Å². The number of rotatable bonds is 11. The molecule has 3 rings (SSSR count). The van der Waals surface area contributed by atoms with Crippen LogP contribution in [0.2, 0.25) is 0 Å². The average molecular weight is 513 g/mol. The fraction of sp³-hybridized carbons (Fsp3) is 0.379. The smallest absolute Gasteiger partial charge is 0.188 e. The highest BCUT2D eigenvalue weighted by atomic mass is 31.1. The Bertz CT molecular complexity index is 1120. The maximum atomic E-state index is 6.19. The van der Waals surface area contributed by atoms with Gasteiger partial charge >= 0.3 is 0 Å². The summed E-state index contributed by atoms with van der Waals surface area (Å²) in [6, 6.07) is 12.5. The van der Waals surface area contributed by atoms with Crippen molar-refractivity contribution in [3.63, 3.8) is 0 Å². The minimum Gasteiger partial charge on any atom is -0.497 e. The number of hydrogen-bond acceptors (Lipinski definition) is 6. The van der Waals surface area contributed by atoms with Gasteiger partial charge in [0.25, 0.3) is 0 Å². The molecule has 194 valence electrons. The second kappa shape index (κ2) is 12.4. The van der Waals surface area contributed by atoms with Gasteiger partial charge in [-0.1, -0.05) is 17.7 Å². The Morgan fingerprint density at radius 2 is 0.972 bits per heavy atom. The Morgan fingerprint density at radius 1 is 0.556 bits per heavy atom. The molecule has 6 nitrogen and oxygen atoms in total. The minimum absolute atomic E-state index is 0.138. The number of methoxy groups -OCH3 is 4. The largest absolute Gasteiger partial charge is 0.497 e. The van der Waals surface area contributed by atoms with Gasteiger partial charge in [-0.25, -0.2) is 0 Å². The molecule has 7 heteroatoms. The van der Waals surface area contributed by atoms with Crippen molar-refractivity contribution in [3.05, 3.63) is 64.2 Å². The maximum absolute atomic E-state index is 6.19. The molecular weight excluding hydrogens is 475 g/mol. The Hall–Kier alpha value is -2.79. The van der Waals surface area contributed by atoms with Crippen LogP contribution in [0.4, 0.5) is 0 Å². The van der Waals surface area contributed by atoms with Crippen LogP contribution in [0.1, 0.15) is 27.8 Å². The molecule has 0 saturated heterocycles. The van der Waals surface area contributed by atoms with Crippen molar-refractivity contribution in [2.24, 2.45) is 0 Å². The summed E-state index contributed by atoms with van der Waals surface area (Å²) in [6.45, 7) is 10.8. The third-order valence-corrected chi connectivity index (χ3v) is 8.69. The summed E-state index contributed by atoms with van der Waals surface area (Å²) in [6.07, 6.45) is 0. The molecule has 0 fully saturated rings. The van der Waals surface area contributed by atoms with E-state index in [1.807, 2.05) is 26.0 Å². The van der Waals surface area contributed by atoms with Crippen molar-refractivity contribution < 1.29 is 28.4 Å². The summed E-state index contributed by atoms with van der Waals surface area (Å²) in [7, 11) is 5.44. The predicted molar refractivity (Wildman–Crippen MR) is 147 cm³/mol. The van der Waals surface area contributed by atoms with E-state index < -0.39 is 7.92 Å². The first-order valence-electron chi connectivity index (χ1n) is 11.7. The molecule has 0 N–H and O–H groups in total. The maximum Gasteiger partial charge on any atom is 0.188 e. The molecule has 0 aliphatic heterocycles. The molecule has 3 aromatic carbocycles. The highest BCUT2D eigenvalue weighted by molar-refractivity contribution is 7.80. The van der Waals surface area contributed by atoms with Crippen molar-refractivity contribution in [1.82, 2.24) is 0 Å². The van der Waals surface area contributed by atoms with E-state index in [9.17, 15) is 0 Å². The first-order chi connectivity index (χ1) is 17.2. The summed E-state index contributed by atoms with van der Waals surface area (Å²) in [5.41, 5.74) is 5.56. The number of benzene rings is 3. The van der Waals surface area contributed by atoms with E-state index in [-0.39, 0.29) is 13.6 Å². The quantitative estimate of drug-likeness (QED) is 0.267. The van der Waals surface area contributed by atoms with E-state index in [1.54, 1.807) is 28.4 Å². The van der Waals surface area contributed by atoms with Gasteiger partial charge in [-0.2, -0.15) is 0 Å². The fourth-order valence-corrected chi connectivity index (χ4v) is 7.50. The first-order valence-corrected chi connectivity index (χ1v) is 13.1. The van der Waals surface area contributed by atoms with Crippen molar-refractivity contribution in [2.75, 3.05) is 42.0 Å². The van der Waals surface area contributed by atoms with Crippen molar-refractivity contribution in [1.29, 1.82) is 0 Å². The second-order valence-corrected chi connectivity index (χ2v) is 10.9. The van der Waals surface area contributed by atoms with Crippen LogP contribution in [-0.2, 0) is 9.47 Å². The second-order valence-electron chi connectivity index (χ2n) is 8.77. The molecule has 0 aliphatic carbocycles. The van der Waals surface area contributed by atoms with Crippen LogP contribution < -0.4 is 34.9 Å². The van der Waals surface area contributed by atoms with Crippen LogP contribution in [0.15, 0.2) is 36.4 Å². The van der Waals surface area contributed by atoms with Crippen LogP contribution in [0.3, 0.4) is 0 Å². The fourth-order valence-electron chi connectivity index (χ4n) is 4.52. The zero-order chi connectivity index (χ0) is 26.4. The molecule has 0 aromatic heterocycles. The molecule has 0 radical (unpaired) electrons. The average Bonchev–Trinajstić information content (AvgIpc) is 2.84. The summed E-state index contributed by atoms with van der Waals surface area (Å²) in [4.78, 5) is 0. The molecule has 3 aromatic rings. The van der Waals surface area contributed by atoms with Gasteiger partial charge in [0.1, 0.15) is 23.0 Å². The van der Waals surface area contributed by atoms with E-state index in [2.05, 4.69) is 45.0 Å². The third kappa shape index (κ3) is 5.95. The van der Waals surface area contributed by atoms with Gasteiger partial charge in [-0.15, -0.1) is 0 Å². The zero-order valence-electron chi connectivity index (χ0n) is 22.8. The van der Waals surface area contributed by atoms with Crippen LogP contribution in [0.25, 0.3) is 0 Å². The summed E-state index contributed by atoms with van der Waals surface area (Å²) < 4.78 is 34.4. The van der Waals surface area contributed by atoms with E-state index in [0.717, 1.165) is 44.7 Å². The Labute approximate surface area is 216 Å². The minimum atomic E-state index is -1.17. The van der Waals surface area contributed by atoms with E-state index in [4.69, 9.17) is 28.4 Å². The summed E-state index contributed by atoms with van der Waals surface area (Å²) in [5, 5.41) is 3.27. The Morgan fingerprint density at radius 3 is 1.33 bits per heavy atom. The van der Waals surface area contributed by atoms with E-state index >= 15 is 0 Å². The highest BCUT2D eigenvalue weighted by Gasteiger charge is 2.30.